The Kier molecular flexibility index (Phi) is 5.07. The largest absolute Gasteiger partial charge is 0.391 e. The zero-order chi connectivity index (χ0) is 14.6. The average Bonchev–Trinajstić information content (AvgIpc) is 2.80. The Labute approximate surface area is 117 Å². The number of hydrogen-bond donors (Lipinski definition) is 2. The van der Waals surface area contributed by atoms with Gasteiger partial charge in [0, 0.05) is 11.7 Å². The van der Waals surface area contributed by atoms with E-state index in [4.69, 9.17) is 0 Å². The van der Waals surface area contributed by atoms with Crippen LogP contribution < -0.4 is 5.32 Å². The van der Waals surface area contributed by atoms with E-state index in [1.165, 1.54) is 5.56 Å². The number of rotatable bonds is 5. The fourth-order valence-electron chi connectivity index (χ4n) is 2.84. The van der Waals surface area contributed by atoms with Crippen molar-refractivity contribution in [3.63, 3.8) is 0 Å². The maximum Gasteiger partial charge on any atom is 0.391 e. The molecular formula is C14H22F3N3. The van der Waals surface area contributed by atoms with Crippen molar-refractivity contribution in [2.75, 3.05) is 6.54 Å². The normalized spacial score (nSPS) is 24.0. The van der Waals surface area contributed by atoms with Gasteiger partial charge in [-0.25, -0.2) is 0 Å². The van der Waals surface area contributed by atoms with Crippen LogP contribution in [0.1, 0.15) is 43.4 Å². The van der Waals surface area contributed by atoms with E-state index in [1.807, 2.05) is 13.1 Å². The molecule has 3 nitrogen and oxygen atoms in total. The van der Waals surface area contributed by atoms with Gasteiger partial charge in [0.15, 0.2) is 0 Å². The van der Waals surface area contributed by atoms with E-state index in [0.717, 1.165) is 25.1 Å². The second-order valence-corrected chi connectivity index (χ2v) is 5.67. The first-order valence-electron chi connectivity index (χ1n) is 7.25. The third-order valence-corrected chi connectivity index (χ3v) is 4.18. The van der Waals surface area contributed by atoms with Crippen molar-refractivity contribution < 1.29 is 13.2 Å². The number of nitrogens with zero attached hydrogens (tertiary/aromatic N) is 1. The highest BCUT2D eigenvalue weighted by molar-refractivity contribution is 5.14. The molecule has 1 fully saturated rings. The summed E-state index contributed by atoms with van der Waals surface area (Å²) in [5.41, 5.74) is 2.31. The van der Waals surface area contributed by atoms with Crippen LogP contribution in [-0.4, -0.2) is 29.0 Å². The summed E-state index contributed by atoms with van der Waals surface area (Å²) in [5, 5.41) is 10.2. The molecule has 0 spiro atoms. The van der Waals surface area contributed by atoms with Crippen molar-refractivity contribution >= 4 is 0 Å². The van der Waals surface area contributed by atoms with Crippen LogP contribution in [0.3, 0.4) is 0 Å². The minimum Gasteiger partial charge on any atom is -0.314 e. The third-order valence-electron chi connectivity index (χ3n) is 4.18. The van der Waals surface area contributed by atoms with E-state index < -0.39 is 12.1 Å². The average molecular weight is 289 g/mol. The van der Waals surface area contributed by atoms with E-state index >= 15 is 0 Å². The van der Waals surface area contributed by atoms with Gasteiger partial charge in [-0.2, -0.15) is 18.3 Å². The van der Waals surface area contributed by atoms with Gasteiger partial charge in [0.25, 0.3) is 0 Å². The Morgan fingerprint density at radius 1 is 1.30 bits per heavy atom. The summed E-state index contributed by atoms with van der Waals surface area (Å²) in [4.78, 5) is 0. The molecule has 0 bridgehead atoms. The molecule has 1 saturated carbocycles. The van der Waals surface area contributed by atoms with Crippen LogP contribution in [0.15, 0.2) is 6.20 Å². The van der Waals surface area contributed by atoms with Gasteiger partial charge in [-0.05, 0) is 57.6 Å². The molecular weight excluding hydrogens is 267 g/mol. The Balaban J connectivity index is 1.61. The van der Waals surface area contributed by atoms with Crippen LogP contribution in [0.25, 0.3) is 0 Å². The molecule has 0 amide bonds. The third kappa shape index (κ3) is 4.23. The highest BCUT2D eigenvalue weighted by Crippen LogP contribution is 2.37. The fourth-order valence-corrected chi connectivity index (χ4v) is 2.84. The standard InChI is InChI=1S/C14H22F3N3/c1-10-11(9-19-20-10)3-2-8-18-13-6-4-12(5-7-13)14(15,16)17/h9,12-13,18H,2-8H2,1H3,(H,19,20). The Morgan fingerprint density at radius 3 is 2.55 bits per heavy atom. The molecule has 1 aliphatic rings. The summed E-state index contributed by atoms with van der Waals surface area (Å²) >= 11 is 0. The summed E-state index contributed by atoms with van der Waals surface area (Å²) in [6.45, 7) is 2.85. The number of alkyl halides is 3. The quantitative estimate of drug-likeness (QED) is 0.816. The molecule has 2 rings (SSSR count). The number of aromatic nitrogens is 2. The van der Waals surface area contributed by atoms with Crippen LogP contribution in [0, 0.1) is 12.8 Å². The van der Waals surface area contributed by atoms with Crippen molar-refractivity contribution in [1.82, 2.24) is 15.5 Å². The molecule has 1 aromatic heterocycles. The van der Waals surface area contributed by atoms with Gasteiger partial charge < -0.3 is 5.32 Å². The zero-order valence-corrected chi connectivity index (χ0v) is 11.8. The summed E-state index contributed by atoms with van der Waals surface area (Å²) < 4.78 is 37.6. The van der Waals surface area contributed by atoms with Gasteiger partial charge in [0.05, 0.1) is 12.1 Å². The summed E-state index contributed by atoms with van der Waals surface area (Å²) in [6.07, 6.45) is 1.56. The molecule has 20 heavy (non-hydrogen) atoms. The predicted octanol–water partition coefficient (Wildman–Crippen LogP) is 3.36. The Bertz CT molecular complexity index is 406. The highest BCUT2D eigenvalue weighted by Gasteiger charge is 2.41. The number of aryl methyl sites for hydroxylation is 2. The SMILES string of the molecule is Cc1[nH]ncc1CCCNC1CCC(C(F)(F)F)CC1. The molecule has 0 saturated heterocycles. The minimum atomic E-state index is -4.01. The molecule has 2 N–H and O–H groups in total. The van der Waals surface area contributed by atoms with Gasteiger partial charge in [-0.3, -0.25) is 5.10 Å². The maximum atomic E-state index is 12.5. The van der Waals surface area contributed by atoms with Crippen LogP contribution in [0.4, 0.5) is 13.2 Å². The molecule has 0 aromatic carbocycles. The zero-order valence-electron chi connectivity index (χ0n) is 11.8. The lowest BCUT2D eigenvalue weighted by Crippen LogP contribution is -2.37. The van der Waals surface area contributed by atoms with Crippen molar-refractivity contribution in [2.45, 2.75) is 57.7 Å². The molecule has 1 aliphatic carbocycles. The predicted molar refractivity (Wildman–Crippen MR) is 71.4 cm³/mol. The lowest BCUT2D eigenvalue weighted by atomic mass is 9.85. The summed E-state index contributed by atoms with van der Waals surface area (Å²) in [5.74, 6) is -1.09. The molecule has 1 aromatic rings. The number of hydrogen-bond acceptors (Lipinski definition) is 2. The van der Waals surface area contributed by atoms with Crippen LogP contribution >= 0.6 is 0 Å². The topological polar surface area (TPSA) is 40.7 Å². The second kappa shape index (κ2) is 6.61. The lowest BCUT2D eigenvalue weighted by molar-refractivity contribution is -0.182. The molecule has 0 atom stereocenters. The second-order valence-electron chi connectivity index (χ2n) is 5.67. The molecule has 0 unspecified atom stereocenters. The Hall–Kier alpha value is -1.04. The van der Waals surface area contributed by atoms with Crippen molar-refractivity contribution in [3.05, 3.63) is 17.5 Å². The maximum absolute atomic E-state index is 12.5. The number of aromatic amines is 1. The first-order valence-corrected chi connectivity index (χ1v) is 7.25. The number of nitrogens with one attached hydrogen (secondary N) is 2. The monoisotopic (exact) mass is 289 g/mol. The fraction of sp³-hybridized carbons (Fsp3) is 0.786. The van der Waals surface area contributed by atoms with E-state index in [1.54, 1.807) is 0 Å². The molecule has 114 valence electrons. The van der Waals surface area contributed by atoms with Gasteiger partial charge >= 0.3 is 6.18 Å². The van der Waals surface area contributed by atoms with Crippen LogP contribution in [0.2, 0.25) is 0 Å². The molecule has 0 aliphatic heterocycles. The first-order chi connectivity index (χ1) is 9.47. The van der Waals surface area contributed by atoms with Gasteiger partial charge in [-0.15, -0.1) is 0 Å². The first kappa shape index (κ1) is 15.4. The molecule has 0 radical (unpaired) electrons. The smallest absolute Gasteiger partial charge is 0.314 e. The van der Waals surface area contributed by atoms with Crippen LogP contribution in [0.5, 0.6) is 0 Å². The van der Waals surface area contributed by atoms with E-state index in [-0.39, 0.29) is 18.9 Å². The Morgan fingerprint density at radius 2 is 2.00 bits per heavy atom. The van der Waals surface area contributed by atoms with Gasteiger partial charge in [0.1, 0.15) is 0 Å². The molecule has 1 heterocycles. The number of halogens is 3. The lowest BCUT2D eigenvalue weighted by Gasteiger charge is -2.30. The van der Waals surface area contributed by atoms with Gasteiger partial charge in [0.2, 0.25) is 0 Å². The minimum absolute atomic E-state index is 0.249. The number of H-pyrrole nitrogens is 1. The summed E-state index contributed by atoms with van der Waals surface area (Å²) in [7, 11) is 0. The van der Waals surface area contributed by atoms with E-state index in [9.17, 15) is 13.2 Å². The highest BCUT2D eigenvalue weighted by atomic mass is 19.4. The summed E-state index contributed by atoms with van der Waals surface area (Å²) in [6, 6.07) is 0.249. The van der Waals surface area contributed by atoms with Crippen LogP contribution in [-0.2, 0) is 6.42 Å². The van der Waals surface area contributed by atoms with Gasteiger partial charge in [-0.1, -0.05) is 0 Å². The van der Waals surface area contributed by atoms with E-state index in [0.29, 0.717) is 12.8 Å². The van der Waals surface area contributed by atoms with E-state index in [2.05, 4.69) is 15.5 Å². The molecule has 6 heteroatoms. The van der Waals surface area contributed by atoms with Crippen molar-refractivity contribution in [3.8, 4) is 0 Å². The van der Waals surface area contributed by atoms with Crippen molar-refractivity contribution in [2.24, 2.45) is 5.92 Å². The van der Waals surface area contributed by atoms with Crippen molar-refractivity contribution in [1.29, 1.82) is 0 Å².